The van der Waals surface area contributed by atoms with Gasteiger partial charge in [0.25, 0.3) is 5.92 Å². The van der Waals surface area contributed by atoms with Crippen molar-refractivity contribution < 1.29 is 8.78 Å². The number of benzene rings is 1. The van der Waals surface area contributed by atoms with Gasteiger partial charge in [-0.3, -0.25) is 0 Å². The maximum absolute atomic E-state index is 13.8. The topological polar surface area (TPSA) is 26.0 Å². The molecule has 0 saturated carbocycles. The first kappa shape index (κ1) is 14.1. The monoisotopic (exact) mass is 241 g/mol. The highest BCUT2D eigenvalue weighted by molar-refractivity contribution is 5.28. The molecule has 0 bridgehead atoms. The second-order valence-corrected chi connectivity index (χ2v) is 5.06. The van der Waals surface area contributed by atoms with Crippen molar-refractivity contribution in [3.63, 3.8) is 0 Å². The average Bonchev–Trinajstić information content (AvgIpc) is 2.26. The molecule has 1 rings (SSSR count). The van der Waals surface area contributed by atoms with Gasteiger partial charge in [0.15, 0.2) is 0 Å². The van der Waals surface area contributed by atoms with Gasteiger partial charge in [0, 0.05) is 12.0 Å². The minimum Gasteiger partial charge on any atom is -0.330 e. The van der Waals surface area contributed by atoms with Crippen molar-refractivity contribution in [3.05, 3.63) is 35.4 Å². The summed E-state index contributed by atoms with van der Waals surface area (Å²) < 4.78 is 27.6. The molecular formula is C14H21F2N. The summed E-state index contributed by atoms with van der Waals surface area (Å²) in [5, 5.41) is 0. The lowest BCUT2D eigenvalue weighted by atomic mass is 9.95. The zero-order chi connectivity index (χ0) is 13.1. The summed E-state index contributed by atoms with van der Waals surface area (Å²) in [5.41, 5.74) is 6.65. The quantitative estimate of drug-likeness (QED) is 0.831. The highest BCUT2D eigenvalue weighted by Gasteiger charge is 2.32. The van der Waals surface area contributed by atoms with E-state index in [9.17, 15) is 8.78 Å². The van der Waals surface area contributed by atoms with Gasteiger partial charge in [-0.2, -0.15) is 0 Å². The Hall–Kier alpha value is -0.960. The van der Waals surface area contributed by atoms with Gasteiger partial charge in [-0.1, -0.05) is 45.0 Å². The molecule has 0 aliphatic carbocycles. The van der Waals surface area contributed by atoms with E-state index in [1.807, 2.05) is 6.92 Å². The van der Waals surface area contributed by atoms with Crippen molar-refractivity contribution in [3.8, 4) is 0 Å². The lowest BCUT2D eigenvalue weighted by molar-refractivity contribution is -0.0249. The van der Waals surface area contributed by atoms with Crippen LogP contribution in [0.15, 0.2) is 24.3 Å². The summed E-state index contributed by atoms with van der Waals surface area (Å²) in [6.45, 7) is 6.13. The lowest BCUT2D eigenvalue weighted by Gasteiger charge is -2.19. The zero-order valence-electron chi connectivity index (χ0n) is 10.7. The maximum atomic E-state index is 13.8. The number of alkyl halides is 2. The van der Waals surface area contributed by atoms with E-state index in [4.69, 9.17) is 5.73 Å². The minimum absolute atomic E-state index is 0.0207. The standard InChI is InChI=1S/C14H21F2N/c1-10(2)8-14(15,16)13-6-4-12(5-7-13)11(3)9-17/h4-7,10-11H,8-9,17H2,1-3H3. The van der Waals surface area contributed by atoms with Gasteiger partial charge in [-0.15, -0.1) is 0 Å². The summed E-state index contributed by atoms with van der Waals surface area (Å²) in [6, 6.07) is 6.54. The van der Waals surface area contributed by atoms with Gasteiger partial charge < -0.3 is 5.73 Å². The third-order valence-corrected chi connectivity index (χ3v) is 2.92. The molecule has 1 nitrogen and oxygen atoms in total. The van der Waals surface area contributed by atoms with Crippen LogP contribution in [0.25, 0.3) is 0 Å². The highest BCUT2D eigenvalue weighted by atomic mass is 19.3. The molecule has 0 aliphatic heterocycles. The molecule has 1 atom stereocenters. The molecule has 0 saturated heterocycles. The molecule has 1 unspecified atom stereocenters. The van der Waals surface area contributed by atoms with Gasteiger partial charge in [0.05, 0.1) is 0 Å². The number of hydrogen-bond donors (Lipinski definition) is 1. The van der Waals surface area contributed by atoms with Crippen LogP contribution in [0.2, 0.25) is 0 Å². The van der Waals surface area contributed by atoms with E-state index >= 15 is 0 Å². The Kier molecular flexibility index (Phi) is 4.63. The van der Waals surface area contributed by atoms with Crippen molar-refractivity contribution in [2.75, 3.05) is 6.54 Å². The second kappa shape index (κ2) is 5.58. The Labute approximate surface area is 102 Å². The van der Waals surface area contributed by atoms with Gasteiger partial charge in [0.2, 0.25) is 0 Å². The molecule has 3 heteroatoms. The van der Waals surface area contributed by atoms with Gasteiger partial charge in [-0.25, -0.2) is 8.78 Å². The maximum Gasteiger partial charge on any atom is 0.273 e. The van der Waals surface area contributed by atoms with Crippen LogP contribution in [0, 0.1) is 5.92 Å². The molecule has 0 heterocycles. The highest BCUT2D eigenvalue weighted by Crippen LogP contribution is 2.35. The Morgan fingerprint density at radius 3 is 2.06 bits per heavy atom. The summed E-state index contributed by atoms with van der Waals surface area (Å²) >= 11 is 0. The second-order valence-electron chi connectivity index (χ2n) is 5.06. The van der Waals surface area contributed by atoms with Crippen LogP contribution in [0.3, 0.4) is 0 Å². The smallest absolute Gasteiger partial charge is 0.273 e. The molecule has 0 fully saturated rings. The molecule has 0 aromatic heterocycles. The van der Waals surface area contributed by atoms with E-state index in [0.29, 0.717) is 6.54 Å². The number of nitrogens with two attached hydrogens (primary N) is 1. The van der Waals surface area contributed by atoms with Crippen LogP contribution in [0.4, 0.5) is 8.78 Å². The van der Waals surface area contributed by atoms with E-state index in [1.54, 1.807) is 26.0 Å². The molecule has 0 spiro atoms. The Bertz CT molecular complexity index is 344. The van der Waals surface area contributed by atoms with Gasteiger partial charge in [-0.05, 0) is 23.9 Å². The molecule has 96 valence electrons. The van der Waals surface area contributed by atoms with Crippen LogP contribution >= 0.6 is 0 Å². The van der Waals surface area contributed by atoms with Crippen molar-refractivity contribution in [2.24, 2.45) is 11.7 Å². The van der Waals surface area contributed by atoms with Gasteiger partial charge in [0.1, 0.15) is 0 Å². The Morgan fingerprint density at radius 2 is 1.65 bits per heavy atom. The third kappa shape index (κ3) is 3.77. The first-order valence-electron chi connectivity index (χ1n) is 6.05. The normalized spacial score (nSPS) is 14.1. The van der Waals surface area contributed by atoms with E-state index in [2.05, 4.69) is 0 Å². The van der Waals surface area contributed by atoms with E-state index in [-0.39, 0.29) is 23.8 Å². The van der Waals surface area contributed by atoms with Crippen molar-refractivity contribution in [1.29, 1.82) is 0 Å². The fourth-order valence-corrected chi connectivity index (χ4v) is 1.82. The first-order chi connectivity index (χ1) is 7.86. The van der Waals surface area contributed by atoms with E-state index in [0.717, 1.165) is 5.56 Å². The molecule has 1 aromatic rings. The minimum atomic E-state index is -2.74. The largest absolute Gasteiger partial charge is 0.330 e. The van der Waals surface area contributed by atoms with Crippen LogP contribution in [-0.2, 0) is 5.92 Å². The summed E-state index contributed by atoms with van der Waals surface area (Å²) in [5.74, 6) is -2.55. The fraction of sp³-hybridized carbons (Fsp3) is 0.571. The molecular weight excluding hydrogens is 220 g/mol. The number of hydrogen-bond acceptors (Lipinski definition) is 1. The molecule has 0 aliphatic rings. The molecule has 0 amide bonds. The summed E-state index contributed by atoms with van der Waals surface area (Å²) in [7, 11) is 0. The molecule has 2 N–H and O–H groups in total. The lowest BCUT2D eigenvalue weighted by Crippen LogP contribution is -2.16. The van der Waals surface area contributed by atoms with E-state index in [1.165, 1.54) is 12.1 Å². The predicted molar refractivity (Wildman–Crippen MR) is 67.3 cm³/mol. The van der Waals surface area contributed by atoms with Crippen LogP contribution in [-0.4, -0.2) is 6.54 Å². The SMILES string of the molecule is CC(C)CC(F)(F)c1ccc(C(C)CN)cc1. The van der Waals surface area contributed by atoms with Crippen molar-refractivity contribution in [2.45, 2.75) is 39.0 Å². The summed E-state index contributed by atoms with van der Waals surface area (Å²) in [6.07, 6.45) is -0.112. The van der Waals surface area contributed by atoms with Crippen LogP contribution < -0.4 is 5.73 Å². The third-order valence-electron chi connectivity index (χ3n) is 2.92. The fourth-order valence-electron chi connectivity index (χ4n) is 1.82. The molecule has 0 radical (unpaired) electrons. The Morgan fingerprint density at radius 1 is 1.12 bits per heavy atom. The summed E-state index contributed by atoms with van der Waals surface area (Å²) in [4.78, 5) is 0. The Balaban J connectivity index is 2.86. The van der Waals surface area contributed by atoms with Crippen LogP contribution in [0.1, 0.15) is 44.2 Å². The average molecular weight is 241 g/mol. The zero-order valence-corrected chi connectivity index (χ0v) is 10.7. The first-order valence-corrected chi connectivity index (χ1v) is 6.05. The molecule has 17 heavy (non-hydrogen) atoms. The number of halogens is 2. The van der Waals surface area contributed by atoms with Gasteiger partial charge >= 0.3 is 0 Å². The van der Waals surface area contributed by atoms with Crippen molar-refractivity contribution >= 4 is 0 Å². The van der Waals surface area contributed by atoms with E-state index < -0.39 is 5.92 Å². The van der Waals surface area contributed by atoms with Crippen LogP contribution in [0.5, 0.6) is 0 Å². The predicted octanol–water partition coefficient (Wildman–Crippen LogP) is 3.89. The van der Waals surface area contributed by atoms with Crippen molar-refractivity contribution in [1.82, 2.24) is 0 Å². The number of rotatable bonds is 5. The molecule has 1 aromatic carbocycles.